The minimum Gasteiger partial charge on any atom is -0.133 e. The zero-order valence-electron chi connectivity index (χ0n) is 7.40. The second kappa shape index (κ2) is 3.01. The molecule has 2 aromatic carbocycles. The molecule has 0 atom stereocenters. The van der Waals surface area contributed by atoms with Crippen LogP contribution in [0.5, 0.6) is 0 Å². The fraction of sp³-hybridized carbons (Fsp3) is 0. The van der Waals surface area contributed by atoms with Gasteiger partial charge in [-0.2, -0.15) is 0 Å². The van der Waals surface area contributed by atoms with Crippen molar-refractivity contribution in [3.63, 3.8) is 0 Å². The fourth-order valence-corrected chi connectivity index (χ4v) is 3.10. The summed E-state index contributed by atoms with van der Waals surface area (Å²) in [6.45, 7) is 0. The quantitative estimate of drug-likeness (QED) is 0.531. The number of hydrogen-bond donors (Lipinski definition) is 1. The Morgan fingerprint density at radius 2 is 1.71 bits per heavy atom. The molecule has 0 saturated heterocycles. The van der Waals surface area contributed by atoms with E-state index in [1.54, 1.807) is 11.3 Å². The Labute approximate surface area is 91.6 Å². The normalized spacial score (nSPS) is 11.2. The largest absolute Gasteiger partial charge is 0.133 e. The van der Waals surface area contributed by atoms with E-state index in [1.807, 2.05) is 0 Å². The van der Waals surface area contributed by atoms with Crippen molar-refractivity contribution >= 4 is 44.8 Å². The van der Waals surface area contributed by atoms with Gasteiger partial charge in [-0.15, -0.1) is 24.0 Å². The summed E-state index contributed by atoms with van der Waals surface area (Å²) in [6.07, 6.45) is 0. The Balaban J connectivity index is 2.60. The first-order valence-corrected chi connectivity index (χ1v) is 5.71. The van der Waals surface area contributed by atoms with Crippen LogP contribution in [0.2, 0.25) is 0 Å². The lowest BCUT2D eigenvalue weighted by molar-refractivity contribution is 1.78. The summed E-state index contributed by atoms with van der Waals surface area (Å²) >= 11 is 6.13. The molecule has 0 unspecified atom stereocenters. The average Bonchev–Trinajstić information content (AvgIpc) is 2.59. The standard InChI is InChI=1S/C12H8S2/c13-11-7-9-6-5-8-3-1-2-4-10(8)12(9)14-11/h1-7,13H. The van der Waals surface area contributed by atoms with Crippen molar-refractivity contribution in [2.75, 3.05) is 0 Å². The molecule has 68 valence electrons. The van der Waals surface area contributed by atoms with Crippen LogP contribution >= 0.6 is 24.0 Å². The molecule has 0 fully saturated rings. The van der Waals surface area contributed by atoms with Gasteiger partial charge < -0.3 is 0 Å². The first-order valence-electron chi connectivity index (χ1n) is 4.45. The predicted molar refractivity (Wildman–Crippen MR) is 66.6 cm³/mol. The van der Waals surface area contributed by atoms with Gasteiger partial charge in [0.2, 0.25) is 0 Å². The monoisotopic (exact) mass is 216 g/mol. The van der Waals surface area contributed by atoms with Crippen molar-refractivity contribution in [1.29, 1.82) is 0 Å². The number of rotatable bonds is 0. The Kier molecular flexibility index (Phi) is 1.79. The van der Waals surface area contributed by atoms with Crippen molar-refractivity contribution in [3.8, 4) is 0 Å². The van der Waals surface area contributed by atoms with Crippen molar-refractivity contribution < 1.29 is 0 Å². The first-order chi connectivity index (χ1) is 6.84. The van der Waals surface area contributed by atoms with Gasteiger partial charge in [0.1, 0.15) is 0 Å². The minimum absolute atomic E-state index is 1.08. The highest BCUT2D eigenvalue weighted by Gasteiger charge is 2.02. The summed E-state index contributed by atoms with van der Waals surface area (Å²) in [5.74, 6) is 0. The summed E-state index contributed by atoms with van der Waals surface area (Å²) in [5.41, 5.74) is 0. The highest BCUT2D eigenvalue weighted by atomic mass is 32.2. The summed E-state index contributed by atoms with van der Waals surface area (Å²) in [7, 11) is 0. The minimum atomic E-state index is 1.08. The Bertz CT molecular complexity index is 608. The van der Waals surface area contributed by atoms with Crippen LogP contribution in [0.1, 0.15) is 0 Å². The molecule has 0 amide bonds. The van der Waals surface area contributed by atoms with Gasteiger partial charge in [-0.3, -0.25) is 0 Å². The molecule has 0 aliphatic rings. The molecule has 0 radical (unpaired) electrons. The lowest BCUT2D eigenvalue weighted by Gasteiger charge is -1.97. The molecule has 0 bridgehead atoms. The molecule has 0 nitrogen and oxygen atoms in total. The second-order valence-corrected chi connectivity index (χ2v) is 5.13. The summed E-state index contributed by atoms with van der Waals surface area (Å²) in [4.78, 5) is 0. The highest BCUT2D eigenvalue weighted by Crippen LogP contribution is 2.33. The third-order valence-electron chi connectivity index (χ3n) is 2.40. The predicted octanol–water partition coefficient (Wildman–Crippen LogP) is 4.34. The molecule has 0 N–H and O–H groups in total. The van der Waals surface area contributed by atoms with Gasteiger partial charge in [-0.05, 0) is 22.2 Å². The van der Waals surface area contributed by atoms with Crippen LogP contribution in [0, 0.1) is 0 Å². The van der Waals surface area contributed by atoms with Gasteiger partial charge in [0.25, 0.3) is 0 Å². The number of thiophene rings is 1. The van der Waals surface area contributed by atoms with Gasteiger partial charge in [-0.25, -0.2) is 0 Å². The number of fused-ring (bicyclic) bond motifs is 3. The van der Waals surface area contributed by atoms with Crippen molar-refractivity contribution in [2.45, 2.75) is 4.21 Å². The van der Waals surface area contributed by atoms with Gasteiger partial charge >= 0.3 is 0 Å². The third-order valence-corrected chi connectivity index (χ3v) is 3.79. The lowest BCUT2D eigenvalue weighted by Crippen LogP contribution is -1.70. The molecule has 1 heterocycles. The van der Waals surface area contributed by atoms with Gasteiger partial charge in [0.15, 0.2) is 0 Å². The second-order valence-electron chi connectivity index (χ2n) is 3.29. The Morgan fingerprint density at radius 1 is 0.929 bits per heavy atom. The number of hydrogen-bond acceptors (Lipinski definition) is 2. The zero-order valence-corrected chi connectivity index (χ0v) is 9.11. The van der Waals surface area contributed by atoms with Crippen LogP contribution in [0.25, 0.3) is 20.9 Å². The molecule has 2 heteroatoms. The smallest absolute Gasteiger partial charge is 0.0580 e. The van der Waals surface area contributed by atoms with Crippen LogP contribution in [0.15, 0.2) is 46.7 Å². The Morgan fingerprint density at radius 3 is 2.64 bits per heavy atom. The summed E-state index contributed by atoms with van der Waals surface area (Å²) in [5, 5.41) is 3.92. The summed E-state index contributed by atoms with van der Waals surface area (Å²) < 4.78 is 2.42. The van der Waals surface area contributed by atoms with E-state index in [4.69, 9.17) is 0 Å². The molecule has 14 heavy (non-hydrogen) atoms. The summed E-state index contributed by atoms with van der Waals surface area (Å²) in [6, 6.07) is 14.9. The number of benzene rings is 2. The van der Waals surface area contributed by atoms with E-state index in [0.717, 1.165) is 4.21 Å². The van der Waals surface area contributed by atoms with Crippen molar-refractivity contribution in [2.24, 2.45) is 0 Å². The molecular formula is C12H8S2. The van der Waals surface area contributed by atoms with E-state index in [2.05, 4.69) is 55.1 Å². The van der Waals surface area contributed by atoms with E-state index < -0.39 is 0 Å². The molecule has 3 aromatic rings. The average molecular weight is 216 g/mol. The first kappa shape index (κ1) is 8.33. The van der Waals surface area contributed by atoms with Gasteiger partial charge in [0.05, 0.1) is 4.21 Å². The third kappa shape index (κ3) is 1.15. The molecule has 1 aromatic heterocycles. The lowest BCUT2D eigenvalue weighted by atomic mass is 10.1. The molecule has 0 spiro atoms. The molecule has 0 aliphatic heterocycles. The van der Waals surface area contributed by atoms with Gasteiger partial charge in [-0.1, -0.05) is 36.4 Å². The number of thiol groups is 1. The van der Waals surface area contributed by atoms with Crippen LogP contribution in [-0.4, -0.2) is 0 Å². The maximum Gasteiger partial charge on any atom is 0.0580 e. The molecular weight excluding hydrogens is 208 g/mol. The van der Waals surface area contributed by atoms with Crippen LogP contribution in [0.3, 0.4) is 0 Å². The van der Waals surface area contributed by atoms with Crippen LogP contribution < -0.4 is 0 Å². The molecule has 0 saturated carbocycles. The van der Waals surface area contributed by atoms with E-state index in [0.29, 0.717) is 0 Å². The zero-order chi connectivity index (χ0) is 9.54. The van der Waals surface area contributed by atoms with Crippen LogP contribution in [0.4, 0.5) is 0 Å². The van der Waals surface area contributed by atoms with Gasteiger partial charge in [0, 0.05) is 4.70 Å². The van der Waals surface area contributed by atoms with E-state index in [1.165, 1.54) is 20.9 Å². The van der Waals surface area contributed by atoms with Crippen LogP contribution in [-0.2, 0) is 0 Å². The van der Waals surface area contributed by atoms with E-state index >= 15 is 0 Å². The SMILES string of the molecule is Sc1cc2ccc3ccccc3c2s1. The molecule has 3 rings (SSSR count). The highest BCUT2D eigenvalue weighted by molar-refractivity contribution is 7.83. The van der Waals surface area contributed by atoms with E-state index in [-0.39, 0.29) is 0 Å². The molecule has 0 aliphatic carbocycles. The van der Waals surface area contributed by atoms with Crippen molar-refractivity contribution in [1.82, 2.24) is 0 Å². The van der Waals surface area contributed by atoms with E-state index in [9.17, 15) is 0 Å². The Hall–Kier alpha value is -0.990. The van der Waals surface area contributed by atoms with Crippen molar-refractivity contribution in [3.05, 3.63) is 42.5 Å². The maximum absolute atomic E-state index is 4.39. The topological polar surface area (TPSA) is 0 Å². The maximum atomic E-state index is 4.39. The fourth-order valence-electron chi connectivity index (χ4n) is 1.75.